The molecule has 4 rings (SSSR count). The molecule has 0 amide bonds. The van der Waals surface area contributed by atoms with Crippen LogP contribution in [0.15, 0.2) is 47.3 Å². The number of carbonyl (C=O) groups is 1. The Hall–Kier alpha value is -3.20. The first-order valence-corrected chi connectivity index (χ1v) is 9.98. The SMILES string of the molecule is CC1(NC[C@H](O)c2ccc(O)c3[nH]c(=O)c(C(O)C(=O)O)cc23)Cc2ccccc2C1. The third-order valence-electron chi connectivity index (χ3n) is 5.95. The van der Waals surface area contributed by atoms with Crippen LogP contribution in [0.3, 0.4) is 0 Å². The third-order valence-corrected chi connectivity index (χ3v) is 5.95. The maximum atomic E-state index is 12.2. The Bertz CT molecular complexity index is 1190. The largest absolute Gasteiger partial charge is 0.506 e. The average molecular weight is 424 g/mol. The van der Waals surface area contributed by atoms with Gasteiger partial charge in [0, 0.05) is 17.5 Å². The van der Waals surface area contributed by atoms with Gasteiger partial charge >= 0.3 is 5.97 Å². The highest BCUT2D eigenvalue weighted by molar-refractivity contribution is 5.89. The molecule has 0 spiro atoms. The smallest absolute Gasteiger partial charge is 0.337 e. The van der Waals surface area contributed by atoms with Gasteiger partial charge in [0.25, 0.3) is 5.56 Å². The molecule has 0 fully saturated rings. The van der Waals surface area contributed by atoms with Gasteiger partial charge in [0.2, 0.25) is 0 Å². The van der Waals surface area contributed by atoms with E-state index >= 15 is 0 Å². The number of nitrogens with one attached hydrogen (secondary N) is 2. The van der Waals surface area contributed by atoms with Gasteiger partial charge in [-0.3, -0.25) is 4.79 Å². The predicted molar refractivity (Wildman–Crippen MR) is 114 cm³/mol. The number of aromatic hydroxyl groups is 1. The number of aliphatic carboxylic acids is 1. The number of hydrogen-bond donors (Lipinski definition) is 6. The minimum absolute atomic E-state index is 0.0716. The van der Waals surface area contributed by atoms with E-state index in [1.165, 1.54) is 29.3 Å². The van der Waals surface area contributed by atoms with Gasteiger partial charge in [0.1, 0.15) is 5.75 Å². The highest BCUT2D eigenvalue weighted by atomic mass is 16.4. The van der Waals surface area contributed by atoms with E-state index in [1.807, 2.05) is 12.1 Å². The van der Waals surface area contributed by atoms with Crippen LogP contribution in [0.1, 0.15) is 41.4 Å². The molecule has 0 radical (unpaired) electrons. The first-order valence-electron chi connectivity index (χ1n) is 9.98. The summed E-state index contributed by atoms with van der Waals surface area (Å²) in [5, 5.41) is 43.6. The summed E-state index contributed by atoms with van der Waals surface area (Å²) in [5.41, 5.74) is 1.59. The number of phenols is 1. The quantitative estimate of drug-likeness (QED) is 0.352. The number of carboxylic acid groups (broad SMARTS) is 1. The lowest BCUT2D eigenvalue weighted by molar-refractivity contribution is -0.147. The standard InChI is InChI=1S/C23H24N2O6/c1-23(9-12-4-2-3-5-13(12)10-23)24-11-18(27)14-6-7-17(26)19-15(14)8-16(21(29)25-19)20(28)22(30)31/h2-8,18,20,24,26-28H,9-11H2,1H3,(H,25,29)(H,30,31)/t18-,20?/m0/s1. The van der Waals surface area contributed by atoms with Crippen LogP contribution in [-0.2, 0) is 17.6 Å². The lowest BCUT2D eigenvalue weighted by Crippen LogP contribution is -2.45. The zero-order valence-electron chi connectivity index (χ0n) is 16.9. The van der Waals surface area contributed by atoms with Crippen molar-refractivity contribution in [3.05, 3.63) is 75.1 Å². The molecule has 162 valence electrons. The fourth-order valence-corrected chi connectivity index (χ4v) is 4.33. The van der Waals surface area contributed by atoms with Crippen LogP contribution in [0, 0.1) is 0 Å². The Balaban J connectivity index is 1.63. The summed E-state index contributed by atoms with van der Waals surface area (Å²) in [6.07, 6.45) is -1.36. The molecule has 1 aromatic heterocycles. The molecule has 0 bridgehead atoms. The number of carboxylic acids is 1. The van der Waals surface area contributed by atoms with Crippen molar-refractivity contribution in [3.8, 4) is 5.75 Å². The van der Waals surface area contributed by atoms with Crippen molar-refractivity contribution in [2.45, 2.75) is 37.5 Å². The van der Waals surface area contributed by atoms with Crippen molar-refractivity contribution in [2.75, 3.05) is 6.54 Å². The van der Waals surface area contributed by atoms with E-state index in [-0.39, 0.29) is 34.3 Å². The Morgan fingerprint density at radius 2 is 1.77 bits per heavy atom. The summed E-state index contributed by atoms with van der Waals surface area (Å²) < 4.78 is 0. The second-order valence-corrected chi connectivity index (χ2v) is 8.34. The highest BCUT2D eigenvalue weighted by Gasteiger charge is 2.33. The molecule has 31 heavy (non-hydrogen) atoms. The van der Waals surface area contributed by atoms with E-state index in [4.69, 9.17) is 5.11 Å². The summed E-state index contributed by atoms with van der Waals surface area (Å²) in [6.45, 7) is 2.30. The molecule has 1 unspecified atom stereocenters. The van der Waals surface area contributed by atoms with E-state index in [1.54, 1.807) is 0 Å². The number of phenolic OH excluding ortho intramolecular Hbond substituents is 1. The monoisotopic (exact) mass is 424 g/mol. The van der Waals surface area contributed by atoms with Crippen LogP contribution in [0.5, 0.6) is 5.75 Å². The molecular weight excluding hydrogens is 400 g/mol. The van der Waals surface area contributed by atoms with Crippen molar-refractivity contribution in [2.24, 2.45) is 0 Å². The lowest BCUT2D eigenvalue weighted by Gasteiger charge is -2.27. The number of fused-ring (bicyclic) bond motifs is 2. The van der Waals surface area contributed by atoms with Crippen LogP contribution >= 0.6 is 0 Å². The molecule has 0 saturated heterocycles. The van der Waals surface area contributed by atoms with Gasteiger partial charge in [-0.05, 0) is 48.6 Å². The Morgan fingerprint density at radius 3 is 2.39 bits per heavy atom. The van der Waals surface area contributed by atoms with E-state index in [0.717, 1.165) is 12.8 Å². The number of aromatic amines is 1. The molecule has 0 saturated carbocycles. The summed E-state index contributed by atoms with van der Waals surface area (Å²) in [7, 11) is 0. The van der Waals surface area contributed by atoms with Crippen molar-refractivity contribution in [3.63, 3.8) is 0 Å². The van der Waals surface area contributed by atoms with Gasteiger partial charge in [0.15, 0.2) is 6.10 Å². The lowest BCUT2D eigenvalue weighted by atomic mass is 9.96. The fourth-order valence-electron chi connectivity index (χ4n) is 4.33. The zero-order valence-corrected chi connectivity index (χ0v) is 16.9. The first-order chi connectivity index (χ1) is 14.7. The molecule has 1 aliphatic carbocycles. The fraction of sp³-hybridized carbons (Fsp3) is 0.304. The Labute approximate surface area is 177 Å². The minimum atomic E-state index is -2.02. The van der Waals surface area contributed by atoms with Crippen LogP contribution in [-0.4, -0.2) is 43.5 Å². The highest BCUT2D eigenvalue weighted by Crippen LogP contribution is 2.32. The molecule has 2 atom stereocenters. The van der Waals surface area contributed by atoms with E-state index in [9.17, 15) is 24.9 Å². The normalized spacial score (nSPS) is 16.7. The molecule has 3 aromatic rings. The molecule has 8 heteroatoms. The number of rotatable bonds is 6. The average Bonchev–Trinajstić information content (AvgIpc) is 3.08. The van der Waals surface area contributed by atoms with Crippen LogP contribution in [0.4, 0.5) is 0 Å². The van der Waals surface area contributed by atoms with Crippen molar-refractivity contribution >= 4 is 16.9 Å². The summed E-state index contributed by atoms with van der Waals surface area (Å²) in [4.78, 5) is 25.8. The van der Waals surface area contributed by atoms with Crippen LogP contribution in [0.2, 0.25) is 0 Å². The second kappa shape index (κ2) is 7.81. The number of hydrogen-bond acceptors (Lipinski definition) is 6. The predicted octanol–water partition coefficient (Wildman–Crippen LogP) is 1.53. The van der Waals surface area contributed by atoms with Crippen molar-refractivity contribution in [1.29, 1.82) is 0 Å². The maximum Gasteiger partial charge on any atom is 0.337 e. The van der Waals surface area contributed by atoms with Crippen molar-refractivity contribution < 1.29 is 25.2 Å². The van der Waals surface area contributed by atoms with Gasteiger partial charge < -0.3 is 30.7 Å². The molecular formula is C23H24N2O6. The molecule has 6 N–H and O–H groups in total. The third kappa shape index (κ3) is 3.93. The summed E-state index contributed by atoms with van der Waals surface area (Å²) in [6, 6.07) is 12.3. The number of aromatic nitrogens is 1. The molecule has 0 aliphatic heterocycles. The Kier molecular flexibility index (Phi) is 5.30. The van der Waals surface area contributed by atoms with E-state index < -0.39 is 23.7 Å². The van der Waals surface area contributed by atoms with Gasteiger partial charge in [-0.25, -0.2) is 4.79 Å². The molecule has 2 aromatic carbocycles. The minimum Gasteiger partial charge on any atom is -0.506 e. The molecule has 8 nitrogen and oxygen atoms in total. The Morgan fingerprint density at radius 1 is 1.13 bits per heavy atom. The van der Waals surface area contributed by atoms with E-state index in [2.05, 4.69) is 29.4 Å². The maximum absolute atomic E-state index is 12.2. The number of benzene rings is 2. The van der Waals surface area contributed by atoms with Gasteiger partial charge in [-0.15, -0.1) is 0 Å². The van der Waals surface area contributed by atoms with Crippen LogP contribution < -0.4 is 10.9 Å². The number of aliphatic hydroxyl groups excluding tert-OH is 2. The number of pyridine rings is 1. The van der Waals surface area contributed by atoms with E-state index in [0.29, 0.717) is 5.56 Å². The summed E-state index contributed by atoms with van der Waals surface area (Å²) in [5.74, 6) is -1.78. The topological polar surface area (TPSA) is 143 Å². The van der Waals surface area contributed by atoms with Crippen LogP contribution in [0.25, 0.3) is 10.9 Å². The summed E-state index contributed by atoms with van der Waals surface area (Å²) >= 11 is 0. The molecule has 1 heterocycles. The van der Waals surface area contributed by atoms with Gasteiger partial charge in [0.05, 0.1) is 17.2 Å². The van der Waals surface area contributed by atoms with Gasteiger partial charge in [-0.1, -0.05) is 30.3 Å². The second-order valence-electron chi connectivity index (χ2n) is 8.34. The molecule has 1 aliphatic rings. The number of H-pyrrole nitrogens is 1. The van der Waals surface area contributed by atoms with Crippen molar-refractivity contribution in [1.82, 2.24) is 10.3 Å². The zero-order chi connectivity index (χ0) is 22.3. The number of β-amino-alcohol motifs (C(OH)–C–C–N with tert-alkyl or cyclic N) is 1. The number of aliphatic hydroxyl groups is 2. The first kappa shape index (κ1) is 21.0. The van der Waals surface area contributed by atoms with Gasteiger partial charge in [-0.2, -0.15) is 0 Å².